The minimum absolute atomic E-state index is 0.220. The molecule has 3 nitrogen and oxygen atoms in total. The zero-order chi connectivity index (χ0) is 10.4. The summed E-state index contributed by atoms with van der Waals surface area (Å²) in [5.41, 5.74) is 0. The average Bonchev–Trinajstić information content (AvgIpc) is 2.18. The maximum atomic E-state index is 9.95. The van der Waals surface area contributed by atoms with E-state index in [0.717, 1.165) is 38.5 Å². The summed E-state index contributed by atoms with van der Waals surface area (Å²) in [6.45, 7) is 2.64. The van der Waals surface area contributed by atoms with Gasteiger partial charge >= 0.3 is 0 Å². The molecule has 1 saturated heterocycles. The number of hydrogen-bond donors (Lipinski definition) is 2. The van der Waals surface area contributed by atoms with Crippen LogP contribution in [0.25, 0.3) is 0 Å². The first-order valence-electron chi connectivity index (χ1n) is 5.71. The highest BCUT2D eigenvalue weighted by Crippen LogP contribution is 2.27. The Bertz CT molecular complexity index is 153. The highest BCUT2D eigenvalue weighted by molar-refractivity contribution is 4.72. The summed E-state index contributed by atoms with van der Waals surface area (Å²) < 4.78 is 5.35. The molecule has 0 radical (unpaired) electrons. The summed E-state index contributed by atoms with van der Waals surface area (Å²) in [7, 11) is 0. The van der Waals surface area contributed by atoms with Crippen molar-refractivity contribution < 1.29 is 14.9 Å². The molecule has 1 aliphatic rings. The Labute approximate surface area is 86.1 Å². The molecule has 2 atom stereocenters. The van der Waals surface area contributed by atoms with E-state index >= 15 is 0 Å². The van der Waals surface area contributed by atoms with E-state index in [2.05, 4.69) is 0 Å². The van der Waals surface area contributed by atoms with E-state index in [4.69, 9.17) is 4.74 Å². The van der Waals surface area contributed by atoms with Crippen LogP contribution in [0.5, 0.6) is 0 Å². The van der Waals surface area contributed by atoms with Gasteiger partial charge in [0.05, 0.1) is 12.7 Å². The van der Waals surface area contributed by atoms with Gasteiger partial charge in [0.15, 0.2) is 5.79 Å². The third-order valence-electron chi connectivity index (χ3n) is 2.91. The van der Waals surface area contributed by atoms with Crippen molar-refractivity contribution in [2.45, 2.75) is 63.8 Å². The number of aliphatic hydroxyl groups excluding tert-OH is 1. The van der Waals surface area contributed by atoms with Crippen LogP contribution in [0.15, 0.2) is 0 Å². The quantitative estimate of drug-likeness (QED) is 0.715. The maximum Gasteiger partial charge on any atom is 0.165 e. The molecule has 2 unspecified atom stereocenters. The SMILES string of the molecule is CCC(O)CCCC1(O)CCCCO1. The van der Waals surface area contributed by atoms with Crippen LogP contribution in [0.2, 0.25) is 0 Å². The van der Waals surface area contributed by atoms with Crippen molar-refractivity contribution in [1.29, 1.82) is 0 Å². The van der Waals surface area contributed by atoms with Crippen LogP contribution in [0.3, 0.4) is 0 Å². The van der Waals surface area contributed by atoms with Gasteiger partial charge in [0, 0.05) is 12.8 Å². The lowest BCUT2D eigenvalue weighted by Crippen LogP contribution is -2.36. The van der Waals surface area contributed by atoms with Gasteiger partial charge in [0.1, 0.15) is 0 Å². The van der Waals surface area contributed by atoms with Crippen molar-refractivity contribution in [2.75, 3.05) is 6.61 Å². The second kappa shape index (κ2) is 5.69. The smallest absolute Gasteiger partial charge is 0.165 e. The summed E-state index contributed by atoms with van der Waals surface area (Å²) in [6.07, 6.45) is 5.68. The van der Waals surface area contributed by atoms with Crippen LogP contribution in [-0.2, 0) is 4.74 Å². The number of hydrogen-bond acceptors (Lipinski definition) is 3. The maximum absolute atomic E-state index is 9.95. The van der Waals surface area contributed by atoms with Crippen LogP contribution in [-0.4, -0.2) is 28.7 Å². The fourth-order valence-corrected chi connectivity index (χ4v) is 1.85. The first kappa shape index (κ1) is 12.0. The van der Waals surface area contributed by atoms with Crippen molar-refractivity contribution >= 4 is 0 Å². The van der Waals surface area contributed by atoms with Gasteiger partial charge in [-0.25, -0.2) is 0 Å². The zero-order valence-corrected chi connectivity index (χ0v) is 9.04. The molecule has 84 valence electrons. The third kappa shape index (κ3) is 3.95. The molecule has 1 fully saturated rings. The molecule has 0 saturated carbocycles. The van der Waals surface area contributed by atoms with E-state index in [0.29, 0.717) is 13.0 Å². The van der Waals surface area contributed by atoms with E-state index < -0.39 is 5.79 Å². The molecule has 3 heteroatoms. The summed E-state index contributed by atoms with van der Waals surface area (Å²) in [6, 6.07) is 0. The summed E-state index contributed by atoms with van der Waals surface area (Å²) in [4.78, 5) is 0. The standard InChI is InChI=1S/C11H22O3/c1-2-10(12)6-5-8-11(13)7-3-4-9-14-11/h10,12-13H,2-9H2,1H3. The fraction of sp³-hybridized carbons (Fsp3) is 1.00. The van der Waals surface area contributed by atoms with E-state index in [-0.39, 0.29) is 6.10 Å². The molecule has 0 aromatic rings. The molecule has 2 N–H and O–H groups in total. The molecule has 0 aliphatic carbocycles. The van der Waals surface area contributed by atoms with Crippen molar-refractivity contribution in [3.05, 3.63) is 0 Å². The van der Waals surface area contributed by atoms with Gasteiger partial charge in [-0.05, 0) is 32.1 Å². The normalized spacial score (nSPS) is 30.2. The molecule has 1 heterocycles. The van der Waals surface area contributed by atoms with Crippen LogP contribution in [0, 0.1) is 0 Å². The highest BCUT2D eigenvalue weighted by Gasteiger charge is 2.29. The fourth-order valence-electron chi connectivity index (χ4n) is 1.85. The van der Waals surface area contributed by atoms with Gasteiger partial charge in [-0.1, -0.05) is 6.92 Å². The van der Waals surface area contributed by atoms with Crippen LogP contribution in [0.4, 0.5) is 0 Å². The molecule has 1 rings (SSSR count). The van der Waals surface area contributed by atoms with Crippen molar-refractivity contribution in [3.63, 3.8) is 0 Å². The summed E-state index contributed by atoms with van der Waals surface area (Å²) in [5, 5.41) is 19.3. The molecule has 14 heavy (non-hydrogen) atoms. The lowest BCUT2D eigenvalue weighted by molar-refractivity contribution is -0.229. The van der Waals surface area contributed by atoms with Crippen molar-refractivity contribution in [1.82, 2.24) is 0 Å². The molecule has 0 bridgehead atoms. The Hall–Kier alpha value is -0.120. The Balaban J connectivity index is 2.15. The highest BCUT2D eigenvalue weighted by atomic mass is 16.6. The molecular weight excluding hydrogens is 180 g/mol. The van der Waals surface area contributed by atoms with Gasteiger partial charge in [-0.3, -0.25) is 0 Å². The minimum atomic E-state index is -0.897. The summed E-state index contributed by atoms with van der Waals surface area (Å²) in [5.74, 6) is -0.897. The predicted octanol–water partition coefficient (Wildman–Crippen LogP) is 1.82. The first-order valence-corrected chi connectivity index (χ1v) is 5.71. The first-order chi connectivity index (χ1) is 6.66. The second-order valence-corrected chi connectivity index (χ2v) is 4.21. The van der Waals surface area contributed by atoms with Gasteiger partial charge < -0.3 is 14.9 Å². The van der Waals surface area contributed by atoms with E-state index in [1.807, 2.05) is 6.92 Å². The van der Waals surface area contributed by atoms with Gasteiger partial charge in [-0.2, -0.15) is 0 Å². The van der Waals surface area contributed by atoms with E-state index in [1.54, 1.807) is 0 Å². The number of ether oxygens (including phenoxy) is 1. The van der Waals surface area contributed by atoms with Crippen LogP contribution >= 0.6 is 0 Å². The third-order valence-corrected chi connectivity index (χ3v) is 2.91. The average molecular weight is 202 g/mol. The minimum Gasteiger partial charge on any atom is -0.393 e. The molecule has 0 spiro atoms. The van der Waals surface area contributed by atoms with Gasteiger partial charge in [0.25, 0.3) is 0 Å². The molecule has 0 aromatic heterocycles. The van der Waals surface area contributed by atoms with Crippen molar-refractivity contribution in [3.8, 4) is 0 Å². The lowest BCUT2D eigenvalue weighted by Gasteiger charge is -2.32. The monoisotopic (exact) mass is 202 g/mol. The van der Waals surface area contributed by atoms with Gasteiger partial charge in [0.2, 0.25) is 0 Å². The largest absolute Gasteiger partial charge is 0.393 e. The number of aliphatic hydroxyl groups is 2. The molecule has 1 aliphatic heterocycles. The lowest BCUT2D eigenvalue weighted by atomic mass is 9.98. The molecule has 0 amide bonds. The van der Waals surface area contributed by atoms with E-state index in [1.165, 1.54) is 0 Å². The summed E-state index contributed by atoms with van der Waals surface area (Å²) >= 11 is 0. The predicted molar refractivity (Wildman–Crippen MR) is 54.9 cm³/mol. The Morgan fingerprint density at radius 1 is 1.43 bits per heavy atom. The second-order valence-electron chi connectivity index (χ2n) is 4.21. The number of rotatable bonds is 5. The Morgan fingerprint density at radius 2 is 2.21 bits per heavy atom. The topological polar surface area (TPSA) is 49.7 Å². The van der Waals surface area contributed by atoms with E-state index in [9.17, 15) is 10.2 Å². The Kier molecular flexibility index (Phi) is 4.85. The molecule has 0 aromatic carbocycles. The zero-order valence-electron chi connectivity index (χ0n) is 9.04. The Morgan fingerprint density at radius 3 is 2.79 bits per heavy atom. The van der Waals surface area contributed by atoms with Crippen LogP contribution in [0.1, 0.15) is 51.9 Å². The van der Waals surface area contributed by atoms with Crippen LogP contribution < -0.4 is 0 Å². The van der Waals surface area contributed by atoms with Crippen molar-refractivity contribution in [2.24, 2.45) is 0 Å². The molecular formula is C11H22O3. The van der Waals surface area contributed by atoms with Gasteiger partial charge in [-0.15, -0.1) is 0 Å².